The molecule has 0 unspecified atom stereocenters. The average molecular weight is 386 g/mol. The van der Waals surface area contributed by atoms with Crippen molar-refractivity contribution >= 4 is 35.3 Å². The van der Waals surface area contributed by atoms with E-state index >= 15 is 0 Å². The molecule has 2 aromatic rings. The summed E-state index contributed by atoms with van der Waals surface area (Å²) in [5.74, 6) is -0.0800. The van der Waals surface area contributed by atoms with Crippen LogP contribution in [0.5, 0.6) is 0 Å². The van der Waals surface area contributed by atoms with Crippen LogP contribution in [0.1, 0.15) is 11.4 Å². The smallest absolute Gasteiger partial charge is 0.368 e. The third-order valence-corrected chi connectivity index (χ3v) is 3.97. The minimum Gasteiger partial charge on any atom is -0.368 e. The zero-order chi connectivity index (χ0) is 19.2. The van der Waals surface area contributed by atoms with Crippen LogP contribution in [0.2, 0.25) is 0 Å². The SMILES string of the molecule is Cc1ccccc1Nc1nc(N)nc(CSCC(=O)NCC(F)(F)F)n1. The first-order valence-electron chi connectivity index (χ1n) is 7.47. The number of aryl methyl sites for hydroxylation is 1. The molecule has 0 aliphatic carbocycles. The van der Waals surface area contributed by atoms with Crippen LogP contribution >= 0.6 is 11.8 Å². The van der Waals surface area contributed by atoms with Crippen molar-refractivity contribution in [2.24, 2.45) is 0 Å². The summed E-state index contributed by atoms with van der Waals surface area (Å²) >= 11 is 1.08. The van der Waals surface area contributed by atoms with Gasteiger partial charge in [0.2, 0.25) is 17.8 Å². The van der Waals surface area contributed by atoms with Crippen LogP contribution in [0.3, 0.4) is 0 Å². The summed E-state index contributed by atoms with van der Waals surface area (Å²) in [7, 11) is 0. The molecule has 11 heteroatoms. The van der Waals surface area contributed by atoms with Crippen molar-refractivity contribution in [1.29, 1.82) is 0 Å². The Labute approximate surface area is 152 Å². The number of nitrogens with two attached hydrogens (primary N) is 1. The lowest BCUT2D eigenvalue weighted by atomic mass is 10.2. The summed E-state index contributed by atoms with van der Waals surface area (Å²) in [6, 6.07) is 7.53. The first-order chi connectivity index (χ1) is 12.2. The number of hydrogen-bond donors (Lipinski definition) is 3. The lowest BCUT2D eigenvalue weighted by molar-refractivity contribution is -0.136. The van der Waals surface area contributed by atoms with Gasteiger partial charge in [0.05, 0.1) is 11.5 Å². The fraction of sp³-hybridized carbons (Fsp3) is 0.333. The van der Waals surface area contributed by atoms with Crippen LogP contribution < -0.4 is 16.4 Å². The normalized spacial score (nSPS) is 11.2. The molecule has 26 heavy (non-hydrogen) atoms. The van der Waals surface area contributed by atoms with E-state index in [0.717, 1.165) is 23.0 Å². The zero-order valence-corrected chi connectivity index (χ0v) is 14.6. The molecule has 140 valence electrons. The van der Waals surface area contributed by atoms with Gasteiger partial charge in [-0.05, 0) is 18.6 Å². The molecule has 0 radical (unpaired) electrons. The van der Waals surface area contributed by atoms with Crippen molar-refractivity contribution in [2.45, 2.75) is 18.9 Å². The monoisotopic (exact) mass is 386 g/mol. The van der Waals surface area contributed by atoms with E-state index in [1.807, 2.05) is 31.2 Å². The molecule has 1 aromatic carbocycles. The fourth-order valence-corrected chi connectivity index (χ4v) is 2.58. The predicted octanol–water partition coefficient (Wildman–Crippen LogP) is 2.42. The van der Waals surface area contributed by atoms with Gasteiger partial charge in [0.1, 0.15) is 12.4 Å². The first-order valence-corrected chi connectivity index (χ1v) is 8.63. The molecule has 7 nitrogen and oxygen atoms in total. The lowest BCUT2D eigenvalue weighted by Crippen LogP contribution is -2.34. The van der Waals surface area contributed by atoms with E-state index in [2.05, 4.69) is 20.3 Å². The van der Waals surface area contributed by atoms with E-state index in [-0.39, 0.29) is 23.4 Å². The maximum atomic E-state index is 12.0. The summed E-state index contributed by atoms with van der Waals surface area (Å²) in [5, 5.41) is 4.83. The maximum Gasteiger partial charge on any atom is 0.405 e. The topological polar surface area (TPSA) is 106 Å². The minimum absolute atomic E-state index is 0.00760. The summed E-state index contributed by atoms with van der Waals surface area (Å²) in [4.78, 5) is 23.5. The van der Waals surface area contributed by atoms with E-state index in [9.17, 15) is 18.0 Å². The Balaban J connectivity index is 1.91. The van der Waals surface area contributed by atoms with Crippen molar-refractivity contribution in [3.8, 4) is 0 Å². The summed E-state index contributed by atoms with van der Waals surface area (Å²) in [5.41, 5.74) is 7.46. The van der Waals surface area contributed by atoms with Gasteiger partial charge in [0.15, 0.2) is 0 Å². The maximum absolute atomic E-state index is 12.0. The van der Waals surface area contributed by atoms with Crippen molar-refractivity contribution in [1.82, 2.24) is 20.3 Å². The molecule has 0 fully saturated rings. The number of aromatic nitrogens is 3. The molecule has 1 aromatic heterocycles. The number of thioether (sulfide) groups is 1. The Hall–Kier alpha value is -2.56. The third-order valence-electron chi connectivity index (χ3n) is 3.04. The Morgan fingerprint density at radius 3 is 2.65 bits per heavy atom. The fourth-order valence-electron chi connectivity index (χ4n) is 1.88. The Morgan fingerprint density at radius 1 is 1.23 bits per heavy atom. The number of nitrogens with zero attached hydrogens (tertiary/aromatic N) is 3. The van der Waals surface area contributed by atoms with Gasteiger partial charge in [0.25, 0.3) is 0 Å². The number of alkyl halides is 3. The number of rotatable bonds is 7. The molecule has 2 rings (SSSR count). The van der Waals surface area contributed by atoms with E-state index in [0.29, 0.717) is 5.82 Å². The molecule has 1 amide bonds. The molecule has 4 N–H and O–H groups in total. The molecule has 1 heterocycles. The van der Waals surface area contributed by atoms with Gasteiger partial charge in [-0.25, -0.2) is 0 Å². The van der Waals surface area contributed by atoms with Gasteiger partial charge < -0.3 is 16.4 Å². The molecule has 0 atom stereocenters. The standard InChI is InChI=1S/C15H17F3N6OS/c1-9-4-2-3-5-10(9)21-14-23-11(22-13(19)24-14)6-26-7-12(25)20-8-15(16,17)18/h2-5H,6-8H2,1H3,(H,20,25)(H3,19,21,22,23,24). The predicted molar refractivity (Wildman–Crippen MR) is 93.9 cm³/mol. The molecule has 0 aliphatic heterocycles. The number of para-hydroxylation sites is 1. The van der Waals surface area contributed by atoms with Crippen LogP contribution in [0.4, 0.5) is 30.8 Å². The van der Waals surface area contributed by atoms with E-state index in [1.54, 1.807) is 5.32 Å². The largest absolute Gasteiger partial charge is 0.405 e. The highest BCUT2D eigenvalue weighted by atomic mass is 32.2. The molecule has 0 aliphatic rings. The molecule has 0 bridgehead atoms. The summed E-state index contributed by atoms with van der Waals surface area (Å²) in [6.45, 7) is 0.568. The van der Waals surface area contributed by atoms with Gasteiger partial charge in [-0.3, -0.25) is 4.79 Å². The highest BCUT2D eigenvalue weighted by Crippen LogP contribution is 2.19. The molecule has 0 saturated carbocycles. The number of benzene rings is 1. The van der Waals surface area contributed by atoms with Crippen LogP contribution in [0, 0.1) is 6.92 Å². The van der Waals surface area contributed by atoms with Crippen LogP contribution in [0.25, 0.3) is 0 Å². The minimum atomic E-state index is -4.43. The molecule has 0 spiro atoms. The van der Waals surface area contributed by atoms with E-state index < -0.39 is 18.6 Å². The van der Waals surface area contributed by atoms with Gasteiger partial charge >= 0.3 is 6.18 Å². The highest BCUT2D eigenvalue weighted by Gasteiger charge is 2.27. The summed E-state index contributed by atoms with van der Waals surface area (Å²) in [6.07, 6.45) is -4.43. The second-order valence-corrected chi connectivity index (χ2v) is 6.24. The number of carbonyl (C=O) groups is 1. The van der Waals surface area contributed by atoms with Crippen molar-refractivity contribution in [2.75, 3.05) is 23.3 Å². The third kappa shape index (κ3) is 6.75. The quantitative estimate of drug-likeness (QED) is 0.671. The Bertz CT molecular complexity index is 771. The summed E-state index contributed by atoms with van der Waals surface area (Å²) < 4.78 is 36.1. The van der Waals surface area contributed by atoms with E-state index in [1.165, 1.54) is 0 Å². The van der Waals surface area contributed by atoms with E-state index in [4.69, 9.17) is 5.73 Å². The van der Waals surface area contributed by atoms with Gasteiger partial charge in [-0.2, -0.15) is 28.1 Å². The zero-order valence-electron chi connectivity index (χ0n) is 13.8. The molecular weight excluding hydrogens is 369 g/mol. The Kier molecular flexibility index (Phi) is 6.61. The number of nitrogen functional groups attached to an aromatic ring is 1. The van der Waals surface area contributed by atoms with Crippen molar-refractivity contribution < 1.29 is 18.0 Å². The van der Waals surface area contributed by atoms with Crippen LogP contribution in [0.15, 0.2) is 24.3 Å². The average Bonchev–Trinajstić information content (AvgIpc) is 2.54. The van der Waals surface area contributed by atoms with Gasteiger partial charge in [-0.15, -0.1) is 11.8 Å². The number of hydrogen-bond acceptors (Lipinski definition) is 7. The van der Waals surface area contributed by atoms with Crippen LogP contribution in [-0.4, -0.2) is 39.3 Å². The highest BCUT2D eigenvalue weighted by molar-refractivity contribution is 7.99. The van der Waals surface area contributed by atoms with Gasteiger partial charge in [0, 0.05) is 5.69 Å². The second kappa shape index (κ2) is 8.70. The van der Waals surface area contributed by atoms with Crippen LogP contribution in [-0.2, 0) is 10.5 Å². The number of amides is 1. The number of carbonyl (C=O) groups excluding carboxylic acids is 1. The van der Waals surface area contributed by atoms with Crippen molar-refractivity contribution in [3.63, 3.8) is 0 Å². The number of nitrogens with one attached hydrogen (secondary N) is 2. The number of anilines is 3. The lowest BCUT2D eigenvalue weighted by Gasteiger charge is -2.10. The molecular formula is C15H17F3N6OS. The number of halogens is 3. The van der Waals surface area contributed by atoms with Gasteiger partial charge in [-0.1, -0.05) is 18.2 Å². The first kappa shape index (κ1) is 19.8. The second-order valence-electron chi connectivity index (χ2n) is 5.26. The Morgan fingerprint density at radius 2 is 1.96 bits per heavy atom. The molecule has 0 saturated heterocycles. The van der Waals surface area contributed by atoms with Crippen molar-refractivity contribution in [3.05, 3.63) is 35.7 Å².